The fraction of sp³-hybridized carbons (Fsp3) is 0.429. The summed E-state index contributed by atoms with van der Waals surface area (Å²) in [6, 6.07) is 10.8. The van der Waals surface area contributed by atoms with Gasteiger partial charge in [-0.05, 0) is 24.3 Å². The molecule has 148 valence electrons. The number of carbonyl (C=O) groups excluding carboxylic acids is 2. The number of hydrogen-bond acceptors (Lipinski definition) is 4. The smallest absolute Gasteiger partial charge is 0.230 e. The molecule has 6 nitrogen and oxygen atoms in total. The second-order valence-electron chi connectivity index (χ2n) is 7.84. The molecule has 2 amide bonds. The molecule has 0 saturated heterocycles. The Morgan fingerprint density at radius 3 is 1.26 bits per heavy atom. The maximum Gasteiger partial charge on any atom is 0.230 e. The minimum atomic E-state index is -0.377. The van der Waals surface area contributed by atoms with Gasteiger partial charge >= 0.3 is 0 Å². The summed E-state index contributed by atoms with van der Waals surface area (Å²) < 4.78 is 0. The standard InChI is InChI=1S/2C10H14N2O.CH4/c2*1-10(2,3)9(13)12-8-6-4-5-7-11-8;/h2*4-7H,1-3H3,(H,11,12,13);1H4. The summed E-state index contributed by atoms with van der Waals surface area (Å²) >= 11 is 0. The van der Waals surface area contributed by atoms with Crippen LogP contribution in [0.25, 0.3) is 0 Å². The molecule has 6 heteroatoms. The van der Waals surface area contributed by atoms with Crippen molar-refractivity contribution < 1.29 is 9.59 Å². The van der Waals surface area contributed by atoms with Crippen LogP contribution in [0.4, 0.5) is 11.6 Å². The number of rotatable bonds is 2. The van der Waals surface area contributed by atoms with E-state index in [1.54, 1.807) is 24.5 Å². The van der Waals surface area contributed by atoms with Crippen LogP contribution < -0.4 is 10.6 Å². The molecule has 0 aliphatic carbocycles. The zero-order valence-corrected chi connectivity index (χ0v) is 16.3. The highest BCUT2D eigenvalue weighted by molar-refractivity contribution is 5.94. The van der Waals surface area contributed by atoms with Gasteiger partial charge in [0.1, 0.15) is 11.6 Å². The number of nitrogens with one attached hydrogen (secondary N) is 2. The SMILES string of the molecule is C.CC(C)(C)C(=O)Nc1ccccn1.CC(C)(C)C(=O)Nc1ccccn1. The van der Waals surface area contributed by atoms with Crippen LogP contribution in [0.2, 0.25) is 0 Å². The molecule has 0 aliphatic heterocycles. The molecule has 0 saturated carbocycles. The second-order valence-corrected chi connectivity index (χ2v) is 7.84. The number of carbonyl (C=O) groups is 2. The first-order chi connectivity index (χ1) is 12.0. The van der Waals surface area contributed by atoms with Crippen LogP contribution in [0.3, 0.4) is 0 Å². The van der Waals surface area contributed by atoms with Gasteiger partial charge in [0.2, 0.25) is 11.8 Å². The topological polar surface area (TPSA) is 84.0 Å². The van der Waals surface area contributed by atoms with Gasteiger partial charge in [-0.1, -0.05) is 61.1 Å². The number of amides is 2. The fourth-order valence-electron chi connectivity index (χ4n) is 1.48. The first-order valence-corrected chi connectivity index (χ1v) is 8.45. The zero-order valence-electron chi connectivity index (χ0n) is 16.3. The van der Waals surface area contributed by atoms with Crippen molar-refractivity contribution in [3.05, 3.63) is 48.8 Å². The molecule has 0 fully saturated rings. The summed E-state index contributed by atoms with van der Waals surface area (Å²) in [5.41, 5.74) is -0.755. The van der Waals surface area contributed by atoms with Gasteiger partial charge in [0.05, 0.1) is 0 Å². The van der Waals surface area contributed by atoms with Crippen molar-refractivity contribution in [3.8, 4) is 0 Å². The van der Waals surface area contributed by atoms with Crippen LogP contribution in [-0.4, -0.2) is 21.8 Å². The van der Waals surface area contributed by atoms with Gasteiger partial charge in [0.25, 0.3) is 0 Å². The highest BCUT2D eigenvalue weighted by Gasteiger charge is 2.21. The van der Waals surface area contributed by atoms with Gasteiger partial charge < -0.3 is 10.6 Å². The Morgan fingerprint density at radius 1 is 0.704 bits per heavy atom. The lowest BCUT2D eigenvalue weighted by molar-refractivity contribution is -0.123. The summed E-state index contributed by atoms with van der Waals surface area (Å²) in [4.78, 5) is 31.0. The molecular weight excluding hydrogens is 340 g/mol. The van der Waals surface area contributed by atoms with Crippen LogP contribution in [0, 0.1) is 10.8 Å². The number of nitrogens with zero attached hydrogens (tertiary/aromatic N) is 2. The van der Waals surface area contributed by atoms with Crippen LogP contribution in [0.5, 0.6) is 0 Å². The molecule has 2 heterocycles. The average molecular weight is 373 g/mol. The van der Waals surface area contributed by atoms with Crippen molar-refractivity contribution >= 4 is 23.5 Å². The molecule has 0 aromatic carbocycles. The molecular formula is C21H32N4O2. The third-order valence-electron chi connectivity index (χ3n) is 3.18. The van der Waals surface area contributed by atoms with E-state index >= 15 is 0 Å². The summed E-state index contributed by atoms with van der Waals surface area (Å²) in [6.45, 7) is 11.2. The Morgan fingerprint density at radius 2 is 1.04 bits per heavy atom. The summed E-state index contributed by atoms with van der Waals surface area (Å²) in [5, 5.41) is 5.46. The van der Waals surface area contributed by atoms with Crippen molar-refractivity contribution in [1.29, 1.82) is 0 Å². The van der Waals surface area contributed by atoms with E-state index in [2.05, 4.69) is 20.6 Å². The predicted octanol–water partition coefficient (Wildman–Crippen LogP) is 4.77. The minimum absolute atomic E-state index is 0. The molecule has 0 unspecified atom stereocenters. The minimum Gasteiger partial charge on any atom is -0.310 e. The van der Waals surface area contributed by atoms with Gasteiger partial charge in [-0.25, -0.2) is 9.97 Å². The molecule has 0 aliphatic rings. The van der Waals surface area contributed by atoms with E-state index in [0.29, 0.717) is 11.6 Å². The van der Waals surface area contributed by atoms with Gasteiger partial charge in [0.15, 0.2) is 0 Å². The van der Waals surface area contributed by atoms with Crippen LogP contribution >= 0.6 is 0 Å². The van der Waals surface area contributed by atoms with Gasteiger partial charge in [-0.15, -0.1) is 0 Å². The fourth-order valence-corrected chi connectivity index (χ4v) is 1.48. The van der Waals surface area contributed by atoms with Crippen molar-refractivity contribution in [2.45, 2.75) is 49.0 Å². The number of pyridine rings is 2. The van der Waals surface area contributed by atoms with Crippen LogP contribution in [-0.2, 0) is 9.59 Å². The Hall–Kier alpha value is -2.76. The lowest BCUT2D eigenvalue weighted by atomic mass is 9.96. The quantitative estimate of drug-likeness (QED) is 0.795. The van der Waals surface area contributed by atoms with Gasteiger partial charge in [-0.2, -0.15) is 0 Å². The van der Waals surface area contributed by atoms with E-state index in [0.717, 1.165) is 0 Å². The maximum atomic E-state index is 11.5. The molecule has 2 N–H and O–H groups in total. The largest absolute Gasteiger partial charge is 0.310 e. The average Bonchev–Trinajstić information content (AvgIpc) is 2.55. The summed E-state index contributed by atoms with van der Waals surface area (Å²) in [7, 11) is 0. The molecule has 0 atom stereocenters. The van der Waals surface area contributed by atoms with Gasteiger partial charge in [0, 0.05) is 23.2 Å². The van der Waals surface area contributed by atoms with Crippen molar-refractivity contribution in [3.63, 3.8) is 0 Å². The van der Waals surface area contributed by atoms with Crippen LogP contribution in [0.15, 0.2) is 48.8 Å². The highest BCUT2D eigenvalue weighted by Crippen LogP contribution is 2.16. The van der Waals surface area contributed by atoms with E-state index in [9.17, 15) is 9.59 Å². The Labute approximate surface area is 162 Å². The maximum absolute atomic E-state index is 11.5. The van der Waals surface area contributed by atoms with E-state index < -0.39 is 0 Å². The molecule has 0 bridgehead atoms. The molecule has 2 aromatic rings. The Bertz CT molecular complexity index is 639. The van der Waals surface area contributed by atoms with Crippen LogP contribution in [0.1, 0.15) is 49.0 Å². The number of hydrogen-bond donors (Lipinski definition) is 2. The predicted molar refractivity (Wildman–Crippen MR) is 111 cm³/mol. The lowest BCUT2D eigenvalue weighted by Crippen LogP contribution is -2.27. The monoisotopic (exact) mass is 372 g/mol. The first-order valence-electron chi connectivity index (χ1n) is 8.45. The third-order valence-corrected chi connectivity index (χ3v) is 3.18. The molecule has 2 aromatic heterocycles. The van der Waals surface area contributed by atoms with Crippen molar-refractivity contribution in [2.75, 3.05) is 10.6 Å². The zero-order chi connectivity index (χ0) is 19.8. The Kier molecular flexibility index (Phi) is 9.34. The molecule has 27 heavy (non-hydrogen) atoms. The first kappa shape index (κ1) is 24.2. The van der Waals surface area contributed by atoms with E-state index in [4.69, 9.17) is 0 Å². The molecule has 0 spiro atoms. The summed E-state index contributed by atoms with van der Waals surface area (Å²) in [6.07, 6.45) is 3.30. The van der Waals surface area contributed by atoms with Crippen molar-refractivity contribution in [2.24, 2.45) is 10.8 Å². The van der Waals surface area contributed by atoms with E-state index in [1.807, 2.05) is 65.8 Å². The normalized spacial score (nSPS) is 10.6. The van der Waals surface area contributed by atoms with E-state index in [1.165, 1.54) is 0 Å². The summed E-state index contributed by atoms with van der Waals surface area (Å²) in [5.74, 6) is 1.15. The van der Waals surface area contributed by atoms with Crippen molar-refractivity contribution in [1.82, 2.24) is 9.97 Å². The number of anilines is 2. The number of aromatic nitrogens is 2. The van der Waals surface area contributed by atoms with E-state index in [-0.39, 0.29) is 30.1 Å². The Balaban J connectivity index is 0.000000483. The molecule has 0 radical (unpaired) electrons. The molecule has 2 rings (SSSR count). The lowest BCUT2D eigenvalue weighted by Gasteiger charge is -2.16. The third kappa shape index (κ3) is 9.49. The second kappa shape index (κ2) is 10.4. The van der Waals surface area contributed by atoms with Gasteiger partial charge in [-0.3, -0.25) is 9.59 Å². The highest BCUT2D eigenvalue weighted by atomic mass is 16.2.